The molecule has 0 saturated heterocycles. The third-order valence-corrected chi connectivity index (χ3v) is 5.64. The van der Waals surface area contributed by atoms with E-state index in [1.54, 1.807) is 22.7 Å². The monoisotopic (exact) mass is 335 g/mol. The lowest BCUT2D eigenvalue weighted by Gasteiger charge is -2.11. The van der Waals surface area contributed by atoms with Gasteiger partial charge in [-0.05, 0) is 53.7 Å². The van der Waals surface area contributed by atoms with Gasteiger partial charge in [-0.15, -0.1) is 22.7 Å². The van der Waals surface area contributed by atoms with Gasteiger partial charge in [-0.1, -0.05) is 11.6 Å². The van der Waals surface area contributed by atoms with Crippen LogP contribution in [0, 0.1) is 6.92 Å². The summed E-state index contributed by atoms with van der Waals surface area (Å²) < 4.78 is 2.04. The normalized spacial score (nSPS) is 13.0. The zero-order valence-electron chi connectivity index (χ0n) is 8.88. The maximum Gasteiger partial charge on any atom is 0.0961 e. The predicted molar refractivity (Wildman–Crippen MR) is 77.0 cm³/mol. The summed E-state index contributed by atoms with van der Waals surface area (Å²) in [5, 5.41) is 3.33. The first-order valence-electron chi connectivity index (χ1n) is 4.80. The van der Waals surface area contributed by atoms with E-state index in [-0.39, 0.29) is 6.04 Å². The van der Waals surface area contributed by atoms with E-state index >= 15 is 0 Å². The molecule has 2 rings (SSSR count). The van der Waals surface area contributed by atoms with Crippen molar-refractivity contribution in [1.82, 2.24) is 5.32 Å². The van der Waals surface area contributed by atoms with Crippen LogP contribution in [0.5, 0.6) is 0 Å². The van der Waals surface area contributed by atoms with Crippen LogP contribution in [-0.2, 0) is 0 Å². The van der Waals surface area contributed by atoms with Crippen molar-refractivity contribution in [2.24, 2.45) is 0 Å². The zero-order valence-corrected chi connectivity index (χ0v) is 12.9. The second-order valence-corrected chi connectivity index (χ2v) is 7.65. The number of hydrogen-bond donors (Lipinski definition) is 1. The van der Waals surface area contributed by atoms with E-state index in [2.05, 4.69) is 39.4 Å². The molecule has 0 aliphatic rings. The van der Waals surface area contributed by atoms with Gasteiger partial charge in [0.1, 0.15) is 0 Å². The molecule has 0 fully saturated rings. The molecule has 2 aromatic heterocycles. The average molecular weight is 337 g/mol. The van der Waals surface area contributed by atoms with E-state index in [9.17, 15) is 0 Å². The largest absolute Gasteiger partial charge is 0.308 e. The highest BCUT2D eigenvalue weighted by molar-refractivity contribution is 9.11. The number of aryl methyl sites for hydroxylation is 1. The lowest BCUT2D eigenvalue weighted by Crippen LogP contribution is -2.14. The lowest BCUT2D eigenvalue weighted by molar-refractivity contribution is 0.716. The molecule has 0 aromatic carbocycles. The van der Waals surface area contributed by atoms with Gasteiger partial charge < -0.3 is 5.32 Å². The fourth-order valence-electron chi connectivity index (χ4n) is 1.53. The van der Waals surface area contributed by atoms with E-state index in [1.165, 1.54) is 9.75 Å². The van der Waals surface area contributed by atoms with Gasteiger partial charge in [-0.3, -0.25) is 0 Å². The number of hydrogen-bond acceptors (Lipinski definition) is 3. The number of rotatable bonds is 3. The van der Waals surface area contributed by atoms with Gasteiger partial charge in [0.25, 0.3) is 0 Å². The van der Waals surface area contributed by atoms with Crippen LogP contribution < -0.4 is 5.32 Å². The summed E-state index contributed by atoms with van der Waals surface area (Å²) in [5.74, 6) is 0. The Labute approximate surface area is 117 Å². The maximum atomic E-state index is 6.11. The van der Waals surface area contributed by atoms with Crippen molar-refractivity contribution in [3.63, 3.8) is 0 Å². The standard InChI is InChI=1S/C11H11BrClNS2/c1-6-5-8(16-11(6)13)10(14-2)7-3-4-9(12)15-7/h3-5,10,14H,1-2H3. The summed E-state index contributed by atoms with van der Waals surface area (Å²) in [6.07, 6.45) is 0. The Hall–Kier alpha value is 0.130. The van der Waals surface area contributed by atoms with Crippen LogP contribution in [-0.4, -0.2) is 7.05 Å². The van der Waals surface area contributed by atoms with Crippen molar-refractivity contribution in [2.75, 3.05) is 7.05 Å². The van der Waals surface area contributed by atoms with Crippen LogP contribution in [0.3, 0.4) is 0 Å². The molecule has 0 bridgehead atoms. The third-order valence-electron chi connectivity index (χ3n) is 2.33. The molecule has 0 radical (unpaired) electrons. The molecule has 16 heavy (non-hydrogen) atoms. The molecule has 0 amide bonds. The second kappa shape index (κ2) is 5.19. The van der Waals surface area contributed by atoms with Gasteiger partial charge in [0.2, 0.25) is 0 Å². The fraction of sp³-hybridized carbons (Fsp3) is 0.273. The number of thiophene rings is 2. The summed E-state index contributed by atoms with van der Waals surface area (Å²) in [4.78, 5) is 2.56. The molecule has 2 aromatic rings. The Morgan fingerprint density at radius 2 is 2.06 bits per heavy atom. The van der Waals surface area contributed by atoms with Crippen LogP contribution in [0.15, 0.2) is 22.0 Å². The van der Waals surface area contributed by atoms with Crippen molar-refractivity contribution in [3.8, 4) is 0 Å². The Morgan fingerprint density at radius 3 is 2.50 bits per heavy atom. The first-order chi connectivity index (χ1) is 7.61. The molecular weight excluding hydrogens is 326 g/mol. The average Bonchev–Trinajstić information content (AvgIpc) is 2.77. The third kappa shape index (κ3) is 2.51. The summed E-state index contributed by atoms with van der Waals surface area (Å²) in [7, 11) is 1.97. The highest BCUT2D eigenvalue weighted by atomic mass is 79.9. The van der Waals surface area contributed by atoms with Crippen molar-refractivity contribution < 1.29 is 0 Å². The Balaban J connectivity index is 2.36. The minimum atomic E-state index is 0.243. The topological polar surface area (TPSA) is 12.0 Å². The summed E-state index contributed by atoms with van der Waals surface area (Å²) >= 11 is 13.0. The van der Waals surface area contributed by atoms with Crippen molar-refractivity contribution in [3.05, 3.63) is 41.6 Å². The molecule has 1 nitrogen and oxygen atoms in total. The highest BCUT2D eigenvalue weighted by Gasteiger charge is 2.17. The molecule has 0 saturated carbocycles. The summed E-state index contributed by atoms with van der Waals surface area (Å²) in [6, 6.07) is 6.61. The molecule has 86 valence electrons. The number of halogens is 2. The molecule has 1 N–H and O–H groups in total. The predicted octanol–water partition coefficient (Wildman–Crippen LogP) is 4.84. The SMILES string of the molecule is CNC(c1ccc(Br)s1)c1cc(C)c(Cl)s1. The first-order valence-corrected chi connectivity index (χ1v) is 7.60. The summed E-state index contributed by atoms with van der Waals surface area (Å²) in [5.41, 5.74) is 1.15. The van der Waals surface area contributed by atoms with Crippen LogP contribution in [0.1, 0.15) is 21.4 Å². The first kappa shape index (κ1) is 12.6. The van der Waals surface area contributed by atoms with E-state index in [1.807, 2.05) is 14.0 Å². The van der Waals surface area contributed by atoms with Gasteiger partial charge in [-0.2, -0.15) is 0 Å². The van der Waals surface area contributed by atoms with E-state index in [0.29, 0.717) is 0 Å². The van der Waals surface area contributed by atoms with E-state index in [0.717, 1.165) is 13.7 Å². The van der Waals surface area contributed by atoms with Crippen molar-refractivity contribution in [2.45, 2.75) is 13.0 Å². The molecule has 5 heteroatoms. The van der Waals surface area contributed by atoms with E-state index < -0.39 is 0 Å². The molecule has 0 aliphatic carbocycles. The summed E-state index contributed by atoms with van der Waals surface area (Å²) in [6.45, 7) is 2.04. The Bertz CT molecular complexity index is 472. The maximum absolute atomic E-state index is 6.11. The second-order valence-electron chi connectivity index (χ2n) is 3.47. The van der Waals surface area contributed by atoms with E-state index in [4.69, 9.17) is 11.6 Å². The molecule has 1 atom stereocenters. The van der Waals surface area contributed by atoms with Gasteiger partial charge >= 0.3 is 0 Å². The molecular formula is C11H11BrClNS2. The quantitative estimate of drug-likeness (QED) is 0.845. The lowest BCUT2D eigenvalue weighted by atomic mass is 10.2. The van der Waals surface area contributed by atoms with Crippen LogP contribution in [0.25, 0.3) is 0 Å². The van der Waals surface area contributed by atoms with Gasteiger partial charge in [-0.25, -0.2) is 0 Å². The van der Waals surface area contributed by atoms with Crippen LogP contribution in [0.2, 0.25) is 4.34 Å². The minimum absolute atomic E-state index is 0.243. The van der Waals surface area contributed by atoms with Crippen molar-refractivity contribution >= 4 is 50.2 Å². The van der Waals surface area contributed by atoms with Crippen LogP contribution in [0.4, 0.5) is 0 Å². The minimum Gasteiger partial charge on any atom is -0.308 e. The van der Waals surface area contributed by atoms with Crippen molar-refractivity contribution in [1.29, 1.82) is 0 Å². The highest BCUT2D eigenvalue weighted by Crippen LogP contribution is 2.37. The Morgan fingerprint density at radius 1 is 1.31 bits per heavy atom. The zero-order chi connectivity index (χ0) is 11.7. The smallest absolute Gasteiger partial charge is 0.0961 e. The fourth-order valence-corrected chi connectivity index (χ4v) is 4.51. The molecule has 1 unspecified atom stereocenters. The van der Waals surface area contributed by atoms with Crippen LogP contribution >= 0.6 is 50.2 Å². The van der Waals surface area contributed by atoms with Gasteiger partial charge in [0, 0.05) is 9.75 Å². The molecule has 2 heterocycles. The van der Waals surface area contributed by atoms with Gasteiger partial charge in [0.05, 0.1) is 14.2 Å². The Kier molecular flexibility index (Phi) is 4.08. The molecule has 0 spiro atoms. The molecule has 0 aliphatic heterocycles. The number of nitrogens with one attached hydrogen (secondary N) is 1. The van der Waals surface area contributed by atoms with Gasteiger partial charge in [0.15, 0.2) is 0 Å².